The van der Waals surface area contributed by atoms with Gasteiger partial charge in [0.05, 0.1) is 10.9 Å². The van der Waals surface area contributed by atoms with Gasteiger partial charge in [-0.3, -0.25) is 0 Å². The SMILES string of the molecule is c1ccc([S+](CC2CCCCC2)c2ccccc2)cc1. The lowest BCUT2D eigenvalue weighted by atomic mass is 9.91. The van der Waals surface area contributed by atoms with E-state index < -0.39 is 0 Å². The number of benzene rings is 2. The molecular formula is C19H23S+. The number of hydrogen-bond donors (Lipinski definition) is 0. The molecule has 1 fully saturated rings. The Labute approximate surface area is 125 Å². The van der Waals surface area contributed by atoms with E-state index >= 15 is 0 Å². The van der Waals surface area contributed by atoms with Gasteiger partial charge in [0.1, 0.15) is 5.75 Å². The maximum Gasteiger partial charge on any atom is 0.160 e. The van der Waals surface area contributed by atoms with Gasteiger partial charge >= 0.3 is 0 Å². The summed E-state index contributed by atoms with van der Waals surface area (Å²) in [6.45, 7) is 0. The van der Waals surface area contributed by atoms with Crippen LogP contribution in [-0.4, -0.2) is 5.75 Å². The third-order valence-corrected chi connectivity index (χ3v) is 6.67. The van der Waals surface area contributed by atoms with Crippen molar-refractivity contribution in [3.8, 4) is 0 Å². The molecule has 0 N–H and O–H groups in total. The zero-order chi connectivity index (χ0) is 13.6. The first-order valence-electron chi connectivity index (χ1n) is 7.74. The predicted molar refractivity (Wildman–Crippen MR) is 88.2 cm³/mol. The fourth-order valence-electron chi connectivity index (χ4n) is 3.09. The van der Waals surface area contributed by atoms with Crippen LogP contribution >= 0.6 is 0 Å². The van der Waals surface area contributed by atoms with Gasteiger partial charge in [0, 0.05) is 5.92 Å². The van der Waals surface area contributed by atoms with Crippen molar-refractivity contribution in [1.82, 2.24) is 0 Å². The summed E-state index contributed by atoms with van der Waals surface area (Å²) >= 11 is 0. The first kappa shape index (κ1) is 13.8. The van der Waals surface area contributed by atoms with Crippen molar-refractivity contribution in [3.63, 3.8) is 0 Å². The van der Waals surface area contributed by atoms with Gasteiger partial charge in [-0.2, -0.15) is 0 Å². The molecule has 2 aromatic carbocycles. The summed E-state index contributed by atoms with van der Waals surface area (Å²) in [5.74, 6) is 2.26. The Bertz CT molecular complexity index is 460. The van der Waals surface area contributed by atoms with Crippen LogP contribution in [0.4, 0.5) is 0 Å². The zero-order valence-electron chi connectivity index (χ0n) is 12.0. The van der Waals surface area contributed by atoms with Crippen LogP contribution in [0.25, 0.3) is 0 Å². The second-order valence-corrected chi connectivity index (χ2v) is 7.75. The highest BCUT2D eigenvalue weighted by Gasteiger charge is 2.29. The molecule has 0 heterocycles. The Morgan fingerprint density at radius 1 is 0.700 bits per heavy atom. The van der Waals surface area contributed by atoms with E-state index in [-0.39, 0.29) is 10.9 Å². The molecule has 1 aliphatic carbocycles. The minimum atomic E-state index is 0.251. The van der Waals surface area contributed by atoms with E-state index in [2.05, 4.69) is 60.7 Å². The van der Waals surface area contributed by atoms with E-state index in [1.54, 1.807) is 0 Å². The minimum Gasteiger partial charge on any atom is -0.0619 e. The van der Waals surface area contributed by atoms with Gasteiger partial charge in [-0.25, -0.2) is 0 Å². The van der Waals surface area contributed by atoms with Crippen molar-refractivity contribution < 1.29 is 0 Å². The summed E-state index contributed by atoms with van der Waals surface area (Å²) in [5.41, 5.74) is 0. The average Bonchev–Trinajstić information content (AvgIpc) is 2.55. The molecule has 0 spiro atoms. The van der Waals surface area contributed by atoms with Gasteiger partial charge < -0.3 is 0 Å². The second kappa shape index (κ2) is 6.99. The molecule has 0 aromatic heterocycles. The molecule has 20 heavy (non-hydrogen) atoms. The van der Waals surface area contributed by atoms with Crippen LogP contribution in [0.2, 0.25) is 0 Å². The summed E-state index contributed by atoms with van der Waals surface area (Å²) in [6, 6.07) is 22.2. The highest BCUT2D eigenvalue weighted by molar-refractivity contribution is 7.97. The number of rotatable bonds is 4. The quantitative estimate of drug-likeness (QED) is 0.668. The third kappa shape index (κ3) is 3.46. The lowest BCUT2D eigenvalue weighted by molar-refractivity contribution is 0.390. The lowest BCUT2D eigenvalue weighted by Crippen LogP contribution is -2.19. The van der Waals surface area contributed by atoms with E-state index in [0.717, 1.165) is 5.92 Å². The summed E-state index contributed by atoms with van der Waals surface area (Å²) in [6.07, 6.45) is 7.18. The molecule has 0 radical (unpaired) electrons. The molecule has 3 rings (SSSR count). The first-order valence-corrected chi connectivity index (χ1v) is 9.14. The van der Waals surface area contributed by atoms with Crippen molar-refractivity contribution >= 4 is 10.9 Å². The number of hydrogen-bond acceptors (Lipinski definition) is 0. The van der Waals surface area contributed by atoms with Crippen LogP contribution in [-0.2, 0) is 10.9 Å². The van der Waals surface area contributed by atoms with E-state index in [4.69, 9.17) is 0 Å². The fraction of sp³-hybridized carbons (Fsp3) is 0.368. The van der Waals surface area contributed by atoms with Crippen molar-refractivity contribution in [2.75, 3.05) is 5.75 Å². The molecule has 0 saturated heterocycles. The molecule has 0 amide bonds. The second-order valence-electron chi connectivity index (χ2n) is 5.69. The Morgan fingerprint density at radius 3 is 1.70 bits per heavy atom. The molecule has 0 unspecified atom stereocenters. The molecule has 1 saturated carbocycles. The smallest absolute Gasteiger partial charge is 0.0619 e. The zero-order valence-corrected chi connectivity index (χ0v) is 12.8. The highest BCUT2D eigenvalue weighted by Crippen LogP contribution is 2.31. The van der Waals surface area contributed by atoms with E-state index in [9.17, 15) is 0 Å². The van der Waals surface area contributed by atoms with Crippen LogP contribution < -0.4 is 0 Å². The van der Waals surface area contributed by atoms with E-state index in [1.807, 2.05) is 0 Å². The van der Waals surface area contributed by atoms with Crippen molar-refractivity contribution in [3.05, 3.63) is 60.7 Å². The molecule has 2 aromatic rings. The van der Waals surface area contributed by atoms with Crippen molar-refractivity contribution in [2.24, 2.45) is 5.92 Å². The van der Waals surface area contributed by atoms with Crippen LogP contribution in [0.1, 0.15) is 32.1 Å². The van der Waals surface area contributed by atoms with Gasteiger partial charge in [-0.1, -0.05) is 55.7 Å². The van der Waals surface area contributed by atoms with Gasteiger partial charge in [-0.15, -0.1) is 0 Å². The molecule has 104 valence electrons. The summed E-state index contributed by atoms with van der Waals surface area (Å²) < 4.78 is 0. The van der Waals surface area contributed by atoms with Crippen molar-refractivity contribution in [1.29, 1.82) is 0 Å². The standard InChI is InChI=1S/C19H23S/c1-4-10-17(11-5-1)16-20(18-12-6-2-7-13-18)19-14-8-3-9-15-19/h2-3,6-9,12-15,17H,1,4-5,10-11,16H2/q+1. The topological polar surface area (TPSA) is 0 Å². The van der Waals surface area contributed by atoms with Crippen LogP contribution in [0.5, 0.6) is 0 Å². The van der Waals surface area contributed by atoms with Gasteiger partial charge in [-0.05, 0) is 37.1 Å². The minimum absolute atomic E-state index is 0.251. The molecular weight excluding hydrogens is 260 g/mol. The Hall–Kier alpha value is -1.21. The Balaban J connectivity index is 1.83. The summed E-state index contributed by atoms with van der Waals surface area (Å²) in [4.78, 5) is 3.01. The first-order chi connectivity index (χ1) is 9.93. The normalized spacial score (nSPS) is 16.4. The lowest BCUT2D eigenvalue weighted by Gasteiger charge is -2.21. The largest absolute Gasteiger partial charge is 0.160 e. The molecule has 1 aliphatic rings. The average molecular weight is 283 g/mol. The van der Waals surface area contributed by atoms with Crippen LogP contribution in [0, 0.1) is 5.92 Å². The summed E-state index contributed by atoms with van der Waals surface area (Å²) in [7, 11) is 0.251. The molecule has 0 atom stereocenters. The maximum absolute atomic E-state index is 2.30. The Kier molecular flexibility index (Phi) is 4.81. The summed E-state index contributed by atoms with van der Waals surface area (Å²) in [5, 5.41) is 0. The van der Waals surface area contributed by atoms with Gasteiger partial charge in [0.25, 0.3) is 0 Å². The highest BCUT2D eigenvalue weighted by atomic mass is 32.2. The van der Waals surface area contributed by atoms with Gasteiger partial charge in [0.15, 0.2) is 9.79 Å². The Morgan fingerprint density at radius 2 is 1.20 bits per heavy atom. The van der Waals surface area contributed by atoms with Crippen LogP contribution in [0.15, 0.2) is 70.5 Å². The molecule has 1 heteroatoms. The predicted octanol–water partition coefficient (Wildman–Crippen LogP) is 5.30. The van der Waals surface area contributed by atoms with E-state index in [0.29, 0.717) is 0 Å². The fourth-order valence-corrected chi connectivity index (χ4v) is 5.52. The maximum atomic E-state index is 2.30. The third-order valence-electron chi connectivity index (χ3n) is 4.18. The molecule has 0 nitrogen and oxygen atoms in total. The van der Waals surface area contributed by atoms with Gasteiger partial charge in [0.2, 0.25) is 0 Å². The monoisotopic (exact) mass is 283 g/mol. The van der Waals surface area contributed by atoms with Crippen LogP contribution in [0.3, 0.4) is 0 Å². The van der Waals surface area contributed by atoms with Crippen molar-refractivity contribution in [2.45, 2.75) is 41.9 Å². The van der Waals surface area contributed by atoms with E-state index in [1.165, 1.54) is 47.6 Å². The molecule has 0 bridgehead atoms. The molecule has 0 aliphatic heterocycles.